The largest absolute Gasteiger partial charge is 0.332 e. The van der Waals surface area contributed by atoms with E-state index >= 15 is 0 Å². The Balaban J connectivity index is 2.07. The molecule has 0 heterocycles. The van der Waals surface area contributed by atoms with E-state index in [2.05, 4.69) is 10.6 Å². The molecular weight excluding hydrogens is 285 g/mol. The average molecular weight is 296 g/mol. The first-order valence-electron chi connectivity index (χ1n) is 5.75. The van der Waals surface area contributed by atoms with Gasteiger partial charge in [-0.15, -0.1) is 0 Å². The predicted molar refractivity (Wildman–Crippen MR) is 77.3 cm³/mol. The van der Waals surface area contributed by atoms with Crippen LogP contribution in [0.25, 0.3) is 0 Å². The van der Waals surface area contributed by atoms with Gasteiger partial charge in [0, 0.05) is 11.8 Å². The van der Waals surface area contributed by atoms with Crippen LogP contribution in [-0.2, 0) is 0 Å². The second-order valence-electron chi connectivity index (χ2n) is 4.17. The number of rotatable bonds is 2. The van der Waals surface area contributed by atoms with Crippen molar-refractivity contribution in [1.82, 2.24) is 0 Å². The van der Waals surface area contributed by atoms with Gasteiger partial charge in [0.15, 0.2) is 5.11 Å². The molecule has 0 aliphatic carbocycles. The Morgan fingerprint density at radius 3 is 2.35 bits per heavy atom. The minimum atomic E-state index is -0.746. The SMILES string of the molecule is Cc1cc(NC(=S)Nc2ccc(F)cc2F)ccc1F. The van der Waals surface area contributed by atoms with E-state index in [9.17, 15) is 13.2 Å². The van der Waals surface area contributed by atoms with Crippen LogP contribution >= 0.6 is 12.2 Å². The fourth-order valence-electron chi connectivity index (χ4n) is 1.60. The molecule has 104 valence electrons. The maximum Gasteiger partial charge on any atom is 0.175 e. The van der Waals surface area contributed by atoms with Gasteiger partial charge in [-0.05, 0) is 55.0 Å². The highest BCUT2D eigenvalue weighted by molar-refractivity contribution is 7.80. The summed E-state index contributed by atoms with van der Waals surface area (Å²) in [5.74, 6) is -1.73. The fraction of sp³-hybridized carbons (Fsp3) is 0.0714. The maximum absolute atomic E-state index is 13.4. The van der Waals surface area contributed by atoms with Crippen molar-refractivity contribution in [2.75, 3.05) is 10.6 Å². The van der Waals surface area contributed by atoms with E-state index in [0.717, 1.165) is 12.1 Å². The Hall–Kier alpha value is -2.08. The Morgan fingerprint density at radius 1 is 0.950 bits per heavy atom. The van der Waals surface area contributed by atoms with E-state index in [0.29, 0.717) is 11.3 Å². The van der Waals surface area contributed by atoms with Gasteiger partial charge < -0.3 is 10.6 Å². The summed E-state index contributed by atoms with van der Waals surface area (Å²) in [6.07, 6.45) is 0. The van der Waals surface area contributed by atoms with Gasteiger partial charge in [-0.2, -0.15) is 0 Å². The third kappa shape index (κ3) is 3.48. The third-order valence-corrected chi connectivity index (χ3v) is 2.80. The van der Waals surface area contributed by atoms with Gasteiger partial charge in [0.25, 0.3) is 0 Å². The van der Waals surface area contributed by atoms with Crippen LogP contribution in [0.1, 0.15) is 5.56 Å². The van der Waals surface area contributed by atoms with Gasteiger partial charge in [-0.3, -0.25) is 0 Å². The van der Waals surface area contributed by atoms with E-state index in [1.165, 1.54) is 18.2 Å². The van der Waals surface area contributed by atoms with Crippen molar-refractivity contribution < 1.29 is 13.2 Å². The minimum absolute atomic E-state index is 0.0581. The summed E-state index contributed by atoms with van der Waals surface area (Å²) >= 11 is 5.01. The zero-order valence-electron chi connectivity index (χ0n) is 10.5. The van der Waals surface area contributed by atoms with Crippen molar-refractivity contribution in [1.29, 1.82) is 0 Å². The highest BCUT2D eigenvalue weighted by atomic mass is 32.1. The molecular formula is C14H11F3N2S. The Kier molecular flexibility index (Phi) is 4.24. The van der Waals surface area contributed by atoms with Gasteiger partial charge >= 0.3 is 0 Å². The monoisotopic (exact) mass is 296 g/mol. The molecule has 0 radical (unpaired) electrons. The van der Waals surface area contributed by atoms with E-state index in [1.807, 2.05) is 0 Å². The van der Waals surface area contributed by atoms with Crippen molar-refractivity contribution in [2.24, 2.45) is 0 Å². The summed E-state index contributed by atoms with van der Waals surface area (Å²) in [6, 6.07) is 7.51. The lowest BCUT2D eigenvalue weighted by molar-refractivity contribution is 0.586. The molecule has 0 unspecified atom stereocenters. The number of nitrogens with one attached hydrogen (secondary N) is 2. The van der Waals surface area contributed by atoms with Crippen LogP contribution in [0.5, 0.6) is 0 Å². The average Bonchev–Trinajstić information content (AvgIpc) is 2.37. The third-order valence-electron chi connectivity index (χ3n) is 2.60. The first kappa shape index (κ1) is 14.3. The number of halogens is 3. The van der Waals surface area contributed by atoms with Crippen LogP contribution in [0, 0.1) is 24.4 Å². The molecule has 0 spiro atoms. The van der Waals surface area contributed by atoms with Crippen LogP contribution in [-0.4, -0.2) is 5.11 Å². The number of hydrogen-bond donors (Lipinski definition) is 2. The lowest BCUT2D eigenvalue weighted by atomic mass is 10.2. The molecule has 0 fully saturated rings. The van der Waals surface area contributed by atoms with Crippen LogP contribution in [0.4, 0.5) is 24.5 Å². The van der Waals surface area contributed by atoms with E-state index in [-0.39, 0.29) is 16.6 Å². The van der Waals surface area contributed by atoms with Gasteiger partial charge in [0.05, 0.1) is 5.69 Å². The number of anilines is 2. The predicted octanol–water partition coefficient (Wildman–Crippen LogP) is 4.22. The molecule has 6 heteroatoms. The normalized spacial score (nSPS) is 10.2. The second kappa shape index (κ2) is 5.92. The topological polar surface area (TPSA) is 24.1 Å². The molecule has 2 N–H and O–H groups in total. The molecule has 0 saturated carbocycles. The van der Waals surface area contributed by atoms with E-state index in [4.69, 9.17) is 12.2 Å². The second-order valence-corrected chi connectivity index (χ2v) is 4.58. The Labute approximate surface area is 119 Å². The Bertz CT molecular complexity index is 659. The first-order valence-corrected chi connectivity index (χ1v) is 6.16. The number of benzene rings is 2. The van der Waals surface area contributed by atoms with Crippen molar-refractivity contribution in [3.8, 4) is 0 Å². The highest BCUT2D eigenvalue weighted by Crippen LogP contribution is 2.17. The zero-order valence-corrected chi connectivity index (χ0v) is 11.3. The van der Waals surface area contributed by atoms with Crippen LogP contribution in [0.2, 0.25) is 0 Å². The molecule has 0 saturated heterocycles. The first-order chi connectivity index (χ1) is 9.45. The summed E-state index contributed by atoms with van der Waals surface area (Å²) in [5.41, 5.74) is 1.09. The van der Waals surface area contributed by atoms with E-state index < -0.39 is 11.6 Å². The summed E-state index contributed by atoms with van der Waals surface area (Å²) in [5, 5.41) is 5.52. The standard InChI is InChI=1S/C14H11F3N2S/c1-8-6-10(3-4-11(8)16)18-14(20)19-13-5-2-9(15)7-12(13)17/h2-7H,1H3,(H2,18,19,20). The van der Waals surface area contributed by atoms with Gasteiger partial charge in [0.1, 0.15) is 17.5 Å². The zero-order chi connectivity index (χ0) is 14.7. The van der Waals surface area contributed by atoms with Crippen LogP contribution < -0.4 is 10.6 Å². The lowest BCUT2D eigenvalue weighted by Crippen LogP contribution is -2.19. The van der Waals surface area contributed by atoms with Crippen molar-refractivity contribution >= 4 is 28.7 Å². The molecule has 2 rings (SSSR count). The Morgan fingerprint density at radius 2 is 1.70 bits per heavy atom. The number of aryl methyl sites for hydroxylation is 1. The van der Waals surface area contributed by atoms with Gasteiger partial charge in [0.2, 0.25) is 0 Å². The quantitative estimate of drug-likeness (QED) is 0.811. The molecule has 0 aromatic heterocycles. The number of hydrogen-bond acceptors (Lipinski definition) is 1. The highest BCUT2D eigenvalue weighted by Gasteiger charge is 2.06. The molecule has 0 aliphatic heterocycles. The summed E-state index contributed by atoms with van der Waals surface area (Å²) in [4.78, 5) is 0. The van der Waals surface area contributed by atoms with Gasteiger partial charge in [-0.25, -0.2) is 13.2 Å². The molecule has 0 aliphatic rings. The molecule has 0 bridgehead atoms. The minimum Gasteiger partial charge on any atom is -0.332 e. The molecule has 2 aromatic carbocycles. The molecule has 20 heavy (non-hydrogen) atoms. The molecule has 0 amide bonds. The summed E-state index contributed by atoms with van der Waals surface area (Å²) in [6.45, 7) is 1.62. The van der Waals surface area contributed by atoms with Crippen molar-refractivity contribution in [3.63, 3.8) is 0 Å². The maximum atomic E-state index is 13.4. The van der Waals surface area contributed by atoms with Crippen molar-refractivity contribution in [2.45, 2.75) is 6.92 Å². The fourth-order valence-corrected chi connectivity index (χ4v) is 1.83. The smallest absolute Gasteiger partial charge is 0.175 e. The van der Waals surface area contributed by atoms with E-state index in [1.54, 1.807) is 13.0 Å². The summed E-state index contributed by atoms with van der Waals surface area (Å²) in [7, 11) is 0. The lowest BCUT2D eigenvalue weighted by Gasteiger charge is -2.11. The molecule has 0 atom stereocenters. The van der Waals surface area contributed by atoms with Gasteiger partial charge in [-0.1, -0.05) is 0 Å². The number of thiocarbonyl (C=S) groups is 1. The summed E-state index contributed by atoms with van der Waals surface area (Å²) < 4.78 is 39.3. The van der Waals surface area contributed by atoms with Crippen LogP contribution in [0.15, 0.2) is 36.4 Å². The van der Waals surface area contributed by atoms with Crippen molar-refractivity contribution in [3.05, 3.63) is 59.4 Å². The molecule has 2 aromatic rings. The molecule has 2 nitrogen and oxygen atoms in total. The van der Waals surface area contributed by atoms with Crippen LogP contribution in [0.3, 0.4) is 0 Å².